The molecule has 0 aliphatic carbocycles. The first-order valence-corrected chi connectivity index (χ1v) is 6.99. The third-order valence-corrected chi connectivity index (χ3v) is 3.66. The van der Waals surface area contributed by atoms with Gasteiger partial charge in [-0.25, -0.2) is 8.42 Å². The molecule has 0 spiro atoms. The largest absolute Gasteiger partial charge is 0.278 e. The van der Waals surface area contributed by atoms with Gasteiger partial charge in [0.2, 0.25) is 5.91 Å². The second kappa shape index (κ2) is 5.42. The van der Waals surface area contributed by atoms with Gasteiger partial charge in [0.15, 0.2) is 0 Å². The maximum Gasteiger partial charge on any atom is 0.257 e. The molecule has 2 N–H and O–H groups in total. The number of nitrogens with one attached hydrogen (secondary N) is 2. The van der Waals surface area contributed by atoms with Crippen LogP contribution in [0, 0.1) is 0 Å². The molecule has 0 atom stereocenters. The summed E-state index contributed by atoms with van der Waals surface area (Å²) < 4.78 is 23.2. The van der Waals surface area contributed by atoms with Gasteiger partial charge < -0.3 is 0 Å². The Bertz CT molecular complexity index is 470. The summed E-state index contributed by atoms with van der Waals surface area (Å²) in [6.07, 6.45) is 0. The highest BCUT2D eigenvalue weighted by atomic mass is 79.9. The molecular weight excluding hydrogens is 296 g/mol. The predicted octanol–water partition coefficient (Wildman–Crippen LogP) is 0.911. The van der Waals surface area contributed by atoms with Crippen molar-refractivity contribution < 1.29 is 13.2 Å². The number of hydrogen-bond acceptors (Lipinski definition) is 3. The number of carbonyl (C=O) groups is 1. The Balaban J connectivity index is 2.85. The molecule has 0 bridgehead atoms. The summed E-state index contributed by atoms with van der Waals surface area (Å²) in [7, 11) is -3.68. The summed E-state index contributed by atoms with van der Waals surface area (Å²) in [5, 5.41) is 0.659. The lowest BCUT2D eigenvalue weighted by atomic mass is 10.2. The van der Waals surface area contributed by atoms with E-state index in [2.05, 4.69) is 15.9 Å². The van der Waals surface area contributed by atoms with Crippen LogP contribution in [0.3, 0.4) is 0 Å². The second-order valence-corrected chi connectivity index (χ2v) is 5.31. The third-order valence-electron chi connectivity index (χ3n) is 1.75. The van der Waals surface area contributed by atoms with Crippen molar-refractivity contribution in [2.75, 3.05) is 0 Å². The van der Waals surface area contributed by atoms with Crippen LogP contribution in [0.5, 0.6) is 0 Å². The van der Waals surface area contributed by atoms with E-state index >= 15 is 0 Å². The van der Waals surface area contributed by atoms with Gasteiger partial charge in [0, 0.05) is 12.3 Å². The highest BCUT2D eigenvalue weighted by Gasteiger charge is 2.13. The van der Waals surface area contributed by atoms with E-state index in [4.69, 9.17) is 0 Å². The fraction of sp³-hybridized carbons (Fsp3) is 0.222. The number of hydrogen-bond donors (Lipinski definition) is 2. The van der Waals surface area contributed by atoms with Crippen molar-refractivity contribution in [1.29, 1.82) is 0 Å². The molecule has 1 rings (SSSR count). The molecule has 0 aliphatic heterocycles. The molecule has 0 fully saturated rings. The highest BCUT2D eigenvalue weighted by Crippen LogP contribution is 2.11. The molecule has 0 aliphatic rings. The second-order valence-electron chi connectivity index (χ2n) is 3.06. The average molecular weight is 307 g/mol. The van der Waals surface area contributed by atoms with Gasteiger partial charge in [-0.1, -0.05) is 28.1 Å². The van der Waals surface area contributed by atoms with E-state index in [9.17, 15) is 13.2 Å². The molecule has 7 heteroatoms. The van der Waals surface area contributed by atoms with Crippen LogP contribution in [0.15, 0.2) is 29.2 Å². The summed E-state index contributed by atoms with van der Waals surface area (Å²) in [5.74, 6) is -0.472. The lowest BCUT2D eigenvalue weighted by Crippen LogP contribution is -2.40. The maximum absolute atomic E-state index is 11.6. The van der Waals surface area contributed by atoms with Crippen LogP contribution < -0.4 is 10.3 Å². The number of benzene rings is 1. The van der Waals surface area contributed by atoms with Crippen LogP contribution in [-0.4, -0.2) is 14.3 Å². The number of rotatable bonds is 4. The van der Waals surface area contributed by atoms with Gasteiger partial charge in [-0.15, -0.1) is 4.83 Å². The normalized spacial score (nSPS) is 11.1. The number of hydrazine groups is 1. The van der Waals surface area contributed by atoms with Gasteiger partial charge in [0.25, 0.3) is 10.0 Å². The predicted molar refractivity (Wildman–Crippen MR) is 63.2 cm³/mol. The van der Waals surface area contributed by atoms with E-state index in [1.807, 2.05) is 10.3 Å². The summed E-state index contributed by atoms with van der Waals surface area (Å²) in [5.41, 5.74) is 3.00. The molecule has 0 saturated carbocycles. The summed E-state index contributed by atoms with van der Waals surface area (Å²) in [4.78, 5) is 12.7. The molecular formula is C9H11BrN2O3S. The Morgan fingerprint density at radius 2 is 1.88 bits per heavy atom. The standard InChI is InChI=1S/C9H11BrN2O3S/c1-7(13)11-12-16(14,15)9-4-2-8(6-10)3-5-9/h2-5,12H,6H2,1H3,(H,11,13). The Morgan fingerprint density at radius 1 is 1.31 bits per heavy atom. The first-order chi connectivity index (χ1) is 7.45. The fourth-order valence-electron chi connectivity index (χ4n) is 0.956. The van der Waals surface area contributed by atoms with Crippen molar-refractivity contribution in [2.24, 2.45) is 0 Å². The zero-order valence-electron chi connectivity index (χ0n) is 8.53. The third kappa shape index (κ3) is 3.58. The van der Waals surface area contributed by atoms with Gasteiger partial charge >= 0.3 is 0 Å². The smallest absolute Gasteiger partial charge is 0.257 e. The average Bonchev–Trinajstić information content (AvgIpc) is 2.27. The SMILES string of the molecule is CC(=O)NNS(=O)(=O)c1ccc(CBr)cc1. The summed E-state index contributed by atoms with van der Waals surface area (Å²) in [6, 6.07) is 6.33. The Kier molecular flexibility index (Phi) is 4.45. The minimum atomic E-state index is -3.68. The van der Waals surface area contributed by atoms with Crippen LogP contribution >= 0.6 is 15.9 Å². The van der Waals surface area contributed by atoms with Gasteiger partial charge in [-0.05, 0) is 17.7 Å². The fourth-order valence-corrected chi connectivity index (χ4v) is 2.22. The van der Waals surface area contributed by atoms with Crippen molar-refractivity contribution in [3.8, 4) is 0 Å². The van der Waals surface area contributed by atoms with E-state index < -0.39 is 15.9 Å². The number of amides is 1. The zero-order valence-corrected chi connectivity index (χ0v) is 10.9. The molecule has 16 heavy (non-hydrogen) atoms. The molecule has 88 valence electrons. The first-order valence-electron chi connectivity index (χ1n) is 4.39. The number of halogens is 1. The van der Waals surface area contributed by atoms with E-state index in [0.29, 0.717) is 5.33 Å². The van der Waals surface area contributed by atoms with E-state index in [1.165, 1.54) is 19.1 Å². The number of alkyl halides is 1. The van der Waals surface area contributed by atoms with Crippen LogP contribution in [0.4, 0.5) is 0 Å². The van der Waals surface area contributed by atoms with Crippen molar-refractivity contribution in [2.45, 2.75) is 17.1 Å². The molecule has 1 amide bonds. The van der Waals surface area contributed by atoms with Crippen LogP contribution in [0.1, 0.15) is 12.5 Å². The van der Waals surface area contributed by atoms with Crippen molar-refractivity contribution >= 4 is 31.9 Å². The molecule has 0 aromatic heterocycles. The van der Waals surface area contributed by atoms with E-state index in [-0.39, 0.29) is 4.90 Å². The van der Waals surface area contributed by atoms with E-state index in [0.717, 1.165) is 5.56 Å². The summed E-state index contributed by atoms with van der Waals surface area (Å²) in [6.45, 7) is 1.22. The molecule has 0 saturated heterocycles. The molecule has 1 aromatic carbocycles. The van der Waals surface area contributed by atoms with E-state index in [1.54, 1.807) is 12.1 Å². The number of carbonyl (C=O) groups excluding carboxylic acids is 1. The minimum absolute atomic E-state index is 0.103. The molecule has 0 heterocycles. The van der Waals surface area contributed by atoms with Gasteiger partial charge in [-0.2, -0.15) is 0 Å². The number of sulfonamides is 1. The minimum Gasteiger partial charge on any atom is -0.278 e. The molecule has 5 nitrogen and oxygen atoms in total. The molecule has 0 unspecified atom stereocenters. The highest BCUT2D eigenvalue weighted by molar-refractivity contribution is 9.08. The lowest BCUT2D eigenvalue weighted by Gasteiger charge is -2.06. The van der Waals surface area contributed by atoms with Crippen molar-refractivity contribution in [3.63, 3.8) is 0 Å². The Morgan fingerprint density at radius 3 is 2.31 bits per heavy atom. The summed E-state index contributed by atoms with van der Waals surface area (Å²) >= 11 is 3.26. The van der Waals surface area contributed by atoms with Crippen LogP contribution in [-0.2, 0) is 20.1 Å². The van der Waals surface area contributed by atoms with Crippen LogP contribution in [0.25, 0.3) is 0 Å². The van der Waals surface area contributed by atoms with Crippen molar-refractivity contribution in [3.05, 3.63) is 29.8 Å². The lowest BCUT2D eigenvalue weighted by molar-refractivity contribution is -0.119. The first kappa shape index (κ1) is 13.1. The maximum atomic E-state index is 11.6. The monoisotopic (exact) mass is 306 g/mol. The van der Waals surface area contributed by atoms with Gasteiger partial charge in [0.05, 0.1) is 4.90 Å². The Labute approximate surface area is 102 Å². The molecule has 1 aromatic rings. The van der Waals surface area contributed by atoms with Crippen molar-refractivity contribution in [1.82, 2.24) is 10.3 Å². The van der Waals surface area contributed by atoms with Gasteiger partial charge in [-0.3, -0.25) is 10.2 Å². The molecule has 0 radical (unpaired) electrons. The Hall–Kier alpha value is -0.920. The topological polar surface area (TPSA) is 75.3 Å². The van der Waals surface area contributed by atoms with Crippen LogP contribution in [0.2, 0.25) is 0 Å². The van der Waals surface area contributed by atoms with Gasteiger partial charge in [0.1, 0.15) is 0 Å². The quantitative estimate of drug-likeness (QED) is 0.641. The zero-order chi connectivity index (χ0) is 12.2.